The standard InChI is InChI=1S/C24H25FN2O/c1-26-9-8-21-22(15-20(16-23(21)25)27-10-12-28-13-11-27)24(26)19-7-6-17-4-2-3-5-18(17)14-19/h2-7,14-16,24H,8-13H2,1H3. The maximum Gasteiger partial charge on any atom is 0.128 e. The molecule has 2 aliphatic heterocycles. The highest BCUT2D eigenvalue weighted by Crippen LogP contribution is 2.38. The molecule has 2 aliphatic rings. The van der Waals surface area contributed by atoms with Crippen LogP contribution in [0, 0.1) is 5.82 Å². The van der Waals surface area contributed by atoms with E-state index in [4.69, 9.17) is 4.74 Å². The zero-order valence-electron chi connectivity index (χ0n) is 16.2. The van der Waals surface area contributed by atoms with Crippen molar-refractivity contribution in [2.45, 2.75) is 12.5 Å². The number of anilines is 1. The average molecular weight is 376 g/mol. The fourth-order valence-corrected chi connectivity index (χ4v) is 4.62. The summed E-state index contributed by atoms with van der Waals surface area (Å²) in [4.78, 5) is 4.58. The number of halogens is 1. The first-order valence-electron chi connectivity index (χ1n) is 10.0. The van der Waals surface area contributed by atoms with E-state index in [1.807, 2.05) is 0 Å². The van der Waals surface area contributed by atoms with Gasteiger partial charge < -0.3 is 9.64 Å². The van der Waals surface area contributed by atoms with E-state index in [-0.39, 0.29) is 11.9 Å². The summed E-state index contributed by atoms with van der Waals surface area (Å²) in [6.07, 6.45) is 0.755. The second-order valence-corrected chi connectivity index (χ2v) is 7.83. The molecule has 28 heavy (non-hydrogen) atoms. The molecule has 0 amide bonds. The molecule has 0 radical (unpaired) electrons. The molecule has 144 valence electrons. The second-order valence-electron chi connectivity index (χ2n) is 7.83. The van der Waals surface area contributed by atoms with Gasteiger partial charge in [0.1, 0.15) is 5.82 Å². The molecule has 3 nitrogen and oxygen atoms in total. The van der Waals surface area contributed by atoms with E-state index in [0.29, 0.717) is 13.2 Å². The molecule has 4 heteroatoms. The Morgan fingerprint density at radius 2 is 1.71 bits per heavy atom. The van der Waals surface area contributed by atoms with Gasteiger partial charge in [0.15, 0.2) is 0 Å². The van der Waals surface area contributed by atoms with Gasteiger partial charge in [0.2, 0.25) is 0 Å². The Bertz CT molecular complexity index is 1010. The van der Waals surface area contributed by atoms with E-state index in [0.717, 1.165) is 42.9 Å². The van der Waals surface area contributed by atoms with Crippen LogP contribution < -0.4 is 4.90 Å². The highest BCUT2D eigenvalue weighted by molar-refractivity contribution is 5.83. The fourth-order valence-electron chi connectivity index (χ4n) is 4.62. The molecule has 1 atom stereocenters. The zero-order chi connectivity index (χ0) is 19.1. The van der Waals surface area contributed by atoms with Gasteiger partial charge in [-0.3, -0.25) is 4.90 Å². The van der Waals surface area contributed by atoms with Crippen LogP contribution in [0.4, 0.5) is 10.1 Å². The lowest BCUT2D eigenvalue weighted by Gasteiger charge is -2.37. The predicted molar refractivity (Wildman–Crippen MR) is 112 cm³/mol. The SMILES string of the molecule is CN1CCc2c(F)cc(N3CCOCC3)cc2C1c1ccc2ccccc2c1. The van der Waals surface area contributed by atoms with Gasteiger partial charge in [0.05, 0.1) is 19.3 Å². The molecule has 0 spiro atoms. The molecule has 0 aromatic heterocycles. The monoisotopic (exact) mass is 376 g/mol. The van der Waals surface area contributed by atoms with Gasteiger partial charge in [0.25, 0.3) is 0 Å². The van der Waals surface area contributed by atoms with E-state index in [9.17, 15) is 0 Å². The van der Waals surface area contributed by atoms with Gasteiger partial charge in [0, 0.05) is 25.3 Å². The van der Waals surface area contributed by atoms with Crippen LogP contribution in [-0.2, 0) is 11.2 Å². The minimum Gasteiger partial charge on any atom is -0.378 e. The topological polar surface area (TPSA) is 15.7 Å². The number of ether oxygens (including phenoxy) is 1. The van der Waals surface area contributed by atoms with Gasteiger partial charge in [-0.1, -0.05) is 36.4 Å². The van der Waals surface area contributed by atoms with Crippen molar-refractivity contribution in [3.05, 3.63) is 77.1 Å². The quantitative estimate of drug-likeness (QED) is 0.660. The van der Waals surface area contributed by atoms with Gasteiger partial charge in [-0.15, -0.1) is 0 Å². The largest absolute Gasteiger partial charge is 0.378 e. The number of rotatable bonds is 2. The van der Waals surface area contributed by atoms with E-state index in [1.54, 1.807) is 6.07 Å². The summed E-state index contributed by atoms with van der Waals surface area (Å²) in [5.74, 6) is -0.0714. The maximum atomic E-state index is 15.1. The van der Waals surface area contributed by atoms with Crippen molar-refractivity contribution in [1.29, 1.82) is 0 Å². The van der Waals surface area contributed by atoms with Crippen molar-refractivity contribution >= 4 is 16.5 Å². The van der Waals surface area contributed by atoms with Gasteiger partial charge in [-0.05, 0) is 59.1 Å². The smallest absolute Gasteiger partial charge is 0.128 e. The molecule has 0 bridgehead atoms. The van der Waals surface area contributed by atoms with Crippen molar-refractivity contribution in [2.75, 3.05) is 44.8 Å². The van der Waals surface area contributed by atoms with Crippen LogP contribution in [0.15, 0.2) is 54.6 Å². The first-order valence-corrected chi connectivity index (χ1v) is 10.0. The van der Waals surface area contributed by atoms with Gasteiger partial charge in [-0.2, -0.15) is 0 Å². The van der Waals surface area contributed by atoms with E-state index >= 15 is 4.39 Å². The number of benzene rings is 3. The molecule has 0 N–H and O–H groups in total. The summed E-state index contributed by atoms with van der Waals surface area (Å²) >= 11 is 0. The lowest BCUT2D eigenvalue weighted by Crippen LogP contribution is -2.37. The Morgan fingerprint density at radius 3 is 2.54 bits per heavy atom. The molecule has 5 rings (SSSR count). The van der Waals surface area contributed by atoms with Crippen molar-refractivity contribution in [3.8, 4) is 0 Å². The number of morpholine rings is 1. The Hall–Kier alpha value is -2.43. The van der Waals surface area contributed by atoms with Crippen molar-refractivity contribution in [3.63, 3.8) is 0 Å². The summed E-state index contributed by atoms with van der Waals surface area (Å²) < 4.78 is 20.5. The van der Waals surface area contributed by atoms with E-state index in [1.165, 1.54) is 16.3 Å². The molecular weight excluding hydrogens is 351 g/mol. The zero-order valence-corrected chi connectivity index (χ0v) is 16.2. The highest BCUT2D eigenvalue weighted by Gasteiger charge is 2.29. The third-order valence-corrected chi connectivity index (χ3v) is 6.13. The van der Waals surface area contributed by atoms with Crippen molar-refractivity contribution in [2.24, 2.45) is 0 Å². The molecule has 2 heterocycles. The second kappa shape index (κ2) is 7.19. The average Bonchev–Trinajstić information content (AvgIpc) is 2.74. The lowest BCUT2D eigenvalue weighted by molar-refractivity contribution is 0.122. The highest BCUT2D eigenvalue weighted by atomic mass is 19.1. The number of hydrogen-bond donors (Lipinski definition) is 0. The Labute approximate surface area is 165 Å². The number of nitrogens with zero attached hydrogens (tertiary/aromatic N) is 2. The normalized spacial score (nSPS) is 20.4. The number of fused-ring (bicyclic) bond motifs is 2. The summed E-state index contributed by atoms with van der Waals surface area (Å²) in [6.45, 7) is 3.89. The first-order chi connectivity index (χ1) is 13.7. The summed E-state index contributed by atoms with van der Waals surface area (Å²) in [7, 11) is 2.14. The molecule has 1 saturated heterocycles. The van der Waals surface area contributed by atoms with Crippen LogP contribution in [0.2, 0.25) is 0 Å². The maximum absolute atomic E-state index is 15.1. The predicted octanol–water partition coefficient (Wildman–Crippen LogP) is 4.39. The third-order valence-electron chi connectivity index (χ3n) is 6.13. The molecular formula is C24H25FN2O. The molecule has 3 aromatic rings. The minimum absolute atomic E-state index is 0.0714. The van der Waals surface area contributed by atoms with Gasteiger partial charge in [-0.25, -0.2) is 4.39 Å². The van der Waals surface area contributed by atoms with Crippen LogP contribution in [0.5, 0.6) is 0 Å². The van der Waals surface area contributed by atoms with Crippen LogP contribution >= 0.6 is 0 Å². The van der Waals surface area contributed by atoms with Crippen LogP contribution in [0.3, 0.4) is 0 Å². The Balaban J connectivity index is 1.62. The van der Waals surface area contributed by atoms with E-state index < -0.39 is 0 Å². The van der Waals surface area contributed by atoms with Crippen LogP contribution in [-0.4, -0.2) is 44.8 Å². The molecule has 0 saturated carbocycles. The lowest BCUT2D eigenvalue weighted by atomic mass is 9.87. The Kier molecular flexibility index (Phi) is 4.53. The van der Waals surface area contributed by atoms with Crippen molar-refractivity contribution in [1.82, 2.24) is 4.90 Å². The Morgan fingerprint density at radius 1 is 0.929 bits per heavy atom. The molecule has 3 aromatic carbocycles. The van der Waals surface area contributed by atoms with Crippen molar-refractivity contribution < 1.29 is 9.13 Å². The summed E-state index contributed by atoms with van der Waals surface area (Å²) in [6, 6.07) is 19.0. The minimum atomic E-state index is -0.0714. The van der Waals surface area contributed by atoms with Crippen LogP contribution in [0.25, 0.3) is 10.8 Å². The molecule has 1 fully saturated rings. The number of hydrogen-bond acceptors (Lipinski definition) is 3. The number of likely N-dealkylation sites (N-methyl/N-ethyl adjacent to an activating group) is 1. The first kappa shape index (κ1) is 17.7. The summed E-state index contributed by atoms with van der Waals surface area (Å²) in [5, 5.41) is 2.46. The van der Waals surface area contributed by atoms with Crippen LogP contribution in [0.1, 0.15) is 22.7 Å². The fraction of sp³-hybridized carbons (Fsp3) is 0.333. The molecule has 0 aliphatic carbocycles. The van der Waals surface area contributed by atoms with E-state index in [2.05, 4.69) is 65.4 Å². The third kappa shape index (κ3) is 3.07. The summed E-state index contributed by atoms with van der Waals surface area (Å²) in [5.41, 5.74) is 4.17. The van der Waals surface area contributed by atoms with Gasteiger partial charge >= 0.3 is 0 Å². The molecule has 1 unspecified atom stereocenters.